The molecule has 0 saturated carbocycles. The molecule has 0 radical (unpaired) electrons. The number of nitrogens with zero attached hydrogens (tertiary/aromatic N) is 3. The Morgan fingerprint density at radius 2 is 1.88 bits per heavy atom. The lowest BCUT2D eigenvalue weighted by Gasteiger charge is -2.23. The first-order valence-corrected chi connectivity index (χ1v) is 8.08. The van der Waals surface area contributed by atoms with Gasteiger partial charge in [0.2, 0.25) is 0 Å². The van der Waals surface area contributed by atoms with E-state index in [1.54, 1.807) is 0 Å². The van der Waals surface area contributed by atoms with E-state index in [0.717, 1.165) is 24.6 Å². The summed E-state index contributed by atoms with van der Waals surface area (Å²) in [6, 6.07) is 10.3. The maximum Gasteiger partial charge on any atom is 0.191 e. The van der Waals surface area contributed by atoms with E-state index in [9.17, 15) is 0 Å². The summed E-state index contributed by atoms with van der Waals surface area (Å²) in [6.45, 7) is 10.7. The zero-order valence-electron chi connectivity index (χ0n) is 14.9. The Bertz CT molecular complexity index is 628. The molecule has 0 unspecified atom stereocenters. The van der Waals surface area contributed by atoms with Gasteiger partial charge in [0, 0.05) is 23.8 Å². The monoisotopic (exact) mass is 441 g/mol. The van der Waals surface area contributed by atoms with E-state index >= 15 is 0 Å². The third-order valence-electron chi connectivity index (χ3n) is 3.13. The fourth-order valence-electron chi connectivity index (χ4n) is 2.18. The molecule has 0 fully saturated rings. The maximum absolute atomic E-state index is 4.63. The zero-order valence-corrected chi connectivity index (χ0v) is 17.2. The number of halogens is 1. The van der Waals surface area contributed by atoms with Crippen LogP contribution in [0.3, 0.4) is 0 Å². The summed E-state index contributed by atoms with van der Waals surface area (Å²) in [7, 11) is 0. The number of nitrogens with one attached hydrogen (secondary N) is 2. The van der Waals surface area contributed by atoms with Crippen molar-refractivity contribution in [3.05, 3.63) is 53.9 Å². The summed E-state index contributed by atoms with van der Waals surface area (Å²) in [5.74, 6) is 0.829. The quantitative estimate of drug-likeness (QED) is 0.425. The van der Waals surface area contributed by atoms with Gasteiger partial charge >= 0.3 is 0 Å². The number of guanidine groups is 1. The van der Waals surface area contributed by atoms with Crippen LogP contribution in [0.25, 0.3) is 0 Å². The third-order valence-corrected chi connectivity index (χ3v) is 3.13. The molecule has 0 bridgehead atoms. The second-order valence-corrected chi connectivity index (χ2v) is 6.60. The Balaban J connectivity index is 0.00000288. The first-order valence-electron chi connectivity index (χ1n) is 8.08. The largest absolute Gasteiger partial charge is 0.357 e. The minimum absolute atomic E-state index is 0. The number of hydrogen-bond acceptors (Lipinski definition) is 2. The minimum Gasteiger partial charge on any atom is -0.357 e. The number of hydrogen-bond donors (Lipinski definition) is 2. The van der Waals surface area contributed by atoms with Crippen LogP contribution in [0, 0.1) is 0 Å². The van der Waals surface area contributed by atoms with Crippen LogP contribution in [0.1, 0.15) is 38.8 Å². The first-order chi connectivity index (χ1) is 11.0. The van der Waals surface area contributed by atoms with Gasteiger partial charge in [-0.3, -0.25) is 4.68 Å². The molecule has 0 saturated heterocycles. The molecule has 0 atom stereocenters. The van der Waals surface area contributed by atoms with Gasteiger partial charge in [-0.05, 0) is 33.3 Å². The van der Waals surface area contributed by atoms with Crippen molar-refractivity contribution in [2.45, 2.75) is 46.3 Å². The van der Waals surface area contributed by atoms with Gasteiger partial charge < -0.3 is 10.6 Å². The minimum atomic E-state index is -0.0154. The predicted molar refractivity (Wildman–Crippen MR) is 111 cm³/mol. The lowest BCUT2D eigenvalue weighted by molar-refractivity contribution is 0.501. The van der Waals surface area contributed by atoms with Crippen LogP contribution in [-0.4, -0.2) is 27.8 Å². The average Bonchev–Trinajstić information content (AvgIpc) is 2.92. The van der Waals surface area contributed by atoms with Crippen LogP contribution in [0.15, 0.2) is 47.7 Å². The van der Waals surface area contributed by atoms with Crippen LogP contribution >= 0.6 is 24.0 Å². The summed E-state index contributed by atoms with van der Waals surface area (Å²) >= 11 is 0. The van der Waals surface area contributed by atoms with Gasteiger partial charge in [-0.1, -0.05) is 30.3 Å². The van der Waals surface area contributed by atoms with Gasteiger partial charge in [-0.25, -0.2) is 4.99 Å². The molecular formula is C18H28IN5. The van der Waals surface area contributed by atoms with Crippen LogP contribution in [-0.2, 0) is 13.1 Å². The van der Waals surface area contributed by atoms with Crippen molar-refractivity contribution < 1.29 is 0 Å². The lowest BCUT2D eigenvalue weighted by Crippen LogP contribution is -2.47. The molecule has 5 nitrogen and oxygen atoms in total. The maximum atomic E-state index is 4.63. The van der Waals surface area contributed by atoms with E-state index in [2.05, 4.69) is 66.7 Å². The highest BCUT2D eigenvalue weighted by molar-refractivity contribution is 14.0. The Labute approximate surface area is 162 Å². The van der Waals surface area contributed by atoms with Crippen molar-refractivity contribution in [2.75, 3.05) is 6.54 Å². The molecule has 2 aromatic rings. The van der Waals surface area contributed by atoms with E-state index in [0.29, 0.717) is 6.54 Å². The molecule has 0 aliphatic rings. The molecule has 2 rings (SSSR count). The zero-order chi connectivity index (χ0) is 16.7. The van der Waals surface area contributed by atoms with Gasteiger partial charge in [0.1, 0.15) is 0 Å². The Hall–Kier alpha value is -1.57. The van der Waals surface area contributed by atoms with Crippen LogP contribution in [0.4, 0.5) is 0 Å². The Morgan fingerprint density at radius 1 is 1.17 bits per heavy atom. The van der Waals surface area contributed by atoms with E-state index < -0.39 is 0 Å². The fourth-order valence-corrected chi connectivity index (χ4v) is 2.18. The van der Waals surface area contributed by atoms with Crippen molar-refractivity contribution in [1.82, 2.24) is 20.4 Å². The lowest BCUT2D eigenvalue weighted by atomic mass is 10.1. The molecule has 24 heavy (non-hydrogen) atoms. The second kappa shape index (κ2) is 9.66. The van der Waals surface area contributed by atoms with Crippen LogP contribution in [0.5, 0.6) is 0 Å². The Morgan fingerprint density at radius 3 is 2.50 bits per heavy atom. The van der Waals surface area contributed by atoms with Crippen LogP contribution in [0.2, 0.25) is 0 Å². The van der Waals surface area contributed by atoms with Crippen LogP contribution < -0.4 is 10.6 Å². The van der Waals surface area contributed by atoms with E-state index in [1.807, 2.05) is 29.1 Å². The van der Waals surface area contributed by atoms with E-state index in [4.69, 9.17) is 0 Å². The highest BCUT2D eigenvalue weighted by Crippen LogP contribution is 2.05. The SMILES string of the molecule is CCNC(=NCc1cnn(Cc2ccccc2)c1)NC(C)(C)C.I. The smallest absolute Gasteiger partial charge is 0.191 e. The molecular weight excluding hydrogens is 413 g/mol. The number of rotatable bonds is 5. The van der Waals surface area contributed by atoms with Crippen molar-refractivity contribution in [3.8, 4) is 0 Å². The van der Waals surface area contributed by atoms with Crippen molar-refractivity contribution in [1.29, 1.82) is 0 Å². The summed E-state index contributed by atoms with van der Waals surface area (Å²) in [5, 5.41) is 11.1. The standard InChI is InChI=1S/C18H27N5.HI/c1-5-19-17(22-18(2,3)4)20-11-16-12-21-23(14-16)13-15-9-7-6-8-10-15;/h6-10,12,14H,5,11,13H2,1-4H3,(H2,19,20,22);1H. The van der Waals surface area contributed by atoms with Crippen molar-refractivity contribution in [3.63, 3.8) is 0 Å². The first kappa shape index (κ1) is 20.5. The highest BCUT2D eigenvalue weighted by atomic mass is 127. The van der Waals surface area contributed by atoms with Gasteiger partial charge in [0.25, 0.3) is 0 Å². The number of aliphatic imine (C=N–C) groups is 1. The molecule has 132 valence electrons. The molecule has 1 heterocycles. The second-order valence-electron chi connectivity index (χ2n) is 6.60. The van der Waals surface area contributed by atoms with Gasteiger partial charge in [-0.15, -0.1) is 24.0 Å². The van der Waals surface area contributed by atoms with Crippen molar-refractivity contribution >= 4 is 29.9 Å². The molecule has 2 N–H and O–H groups in total. The van der Waals surface area contributed by atoms with Crippen molar-refractivity contribution in [2.24, 2.45) is 4.99 Å². The topological polar surface area (TPSA) is 54.2 Å². The average molecular weight is 441 g/mol. The van der Waals surface area contributed by atoms with Gasteiger partial charge in [-0.2, -0.15) is 5.10 Å². The molecule has 1 aromatic heterocycles. The number of benzene rings is 1. The third kappa shape index (κ3) is 7.33. The molecule has 1 aromatic carbocycles. The molecule has 0 amide bonds. The predicted octanol–water partition coefficient (Wildman–Crippen LogP) is 3.40. The van der Waals surface area contributed by atoms with Gasteiger partial charge in [0.05, 0.1) is 19.3 Å². The van der Waals surface area contributed by atoms with E-state index in [-0.39, 0.29) is 29.5 Å². The van der Waals surface area contributed by atoms with E-state index in [1.165, 1.54) is 5.56 Å². The molecule has 6 heteroatoms. The number of aromatic nitrogens is 2. The molecule has 0 aliphatic carbocycles. The molecule has 0 aliphatic heterocycles. The summed E-state index contributed by atoms with van der Waals surface area (Å²) in [4.78, 5) is 4.63. The highest BCUT2D eigenvalue weighted by Gasteiger charge is 2.11. The normalized spacial score (nSPS) is 11.8. The summed E-state index contributed by atoms with van der Waals surface area (Å²) in [6.07, 6.45) is 3.93. The summed E-state index contributed by atoms with van der Waals surface area (Å²) in [5.41, 5.74) is 2.33. The van der Waals surface area contributed by atoms with Gasteiger partial charge in [0.15, 0.2) is 5.96 Å². The summed E-state index contributed by atoms with van der Waals surface area (Å²) < 4.78 is 1.95. The fraction of sp³-hybridized carbons (Fsp3) is 0.444. The Kier molecular flexibility index (Phi) is 8.24. The molecule has 0 spiro atoms.